The van der Waals surface area contributed by atoms with Gasteiger partial charge in [0, 0.05) is 19.2 Å². The van der Waals surface area contributed by atoms with E-state index in [1.807, 2.05) is 31.2 Å². The van der Waals surface area contributed by atoms with Crippen molar-refractivity contribution in [2.75, 3.05) is 26.0 Å². The second-order valence-electron chi connectivity index (χ2n) is 6.69. The van der Waals surface area contributed by atoms with Gasteiger partial charge in [-0.25, -0.2) is 0 Å². The highest BCUT2D eigenvalue weighted by Crippen LogP contribution is 2.47. The number of amides is 2. The smallest absolute Gasteiger partial charge is 0.246 e. The summed E-state index contributed by atoms with van der Waals surface area (Å²) in [7, 11) is 1.78. The highest BCUT2D eigenvalue weighted by Gasteiger charge is 2.53. The molecule has 2 saturated heterocycles. The topological polar surface area (TPSA) is 49.9 Å². The van der Waals surface area contributed by atoms with Crippen molar-refractivity contribution in [1.82, 2.24) is 9.80 Å². The Labute approximate surface area is 147 Å². The van der Waals surface area contributed by atoms with Crippen LogP contribution in [0, 0.1) is 6.92 Å². The number of thioether (sulfide) groups is 1. The van der Waals surface area contributed by atoms with Gasteiger partial charge in [-0.05, 0) is 38.0 Å². The zero-order valence-electron chi connectivity index (χ0n) is 14.4. The molecular weight excluding hydrogens is 324 g/mol. The molecule has 6 heteroatoms. The highest BCUT2D eigenvalue weighted by atomic mass is 32.2. The van der Waals surface area contributed by atoms with Crippen molar-refractivity contribution in [3.05, 3.63) is 29.8 Å². The number of hydrogen-bond acceptors (Lipinski definition) is 4. The fraction of sp³-hybridized carbons (Fsp3) is 0.556. The average molecular weight is 348 g/mol. The summed E-state index contributed by atoms with van der Waals surface area (Å²) in [6.07, 6.45) is 1.38. The first-order valence-corrected chi connectivity index (χ1v) is 9.30. The molecule has 0 aliphatic carbocycles. The molecule has 2 aliphatic rings. The Bertz CT molecular complexity index is 651. The lowest BCUT2D eigenvalue weighted by Gasteiger charge is -2.31. The Balaban J connectivity index is 1.54. The lowest BCUT2D eigenvalue weighted by Crippen LogP contribution is -2.51. The van der Waals surface area contributed by atoms with E-state index >= 15 is 0 Å². The molecule has 2 atom stereocenters. The molecule has 2 amide bonds. The van der Waals surface area contributed by atoms with E-state index in [2.05, 4.69) is 6.92 Å². The van der Waals surface area contributed by atoms with Gasteiger partial charge in [-0.15, -0.1) is 11.8 Å². The molecule has 0 saturated carbocycles. The van der Waals surface area contributed by atoms with Crippen molar-refractivity contribution < 1.29 is 14.3 Å². The molecule has 130 valence electrons. The molecular formula is C18H24N2O3S. The quantitative estimate of drug-likeness (QED) is 0.819. The van der Waals surface area contributed by atoms with Crippen LogP contribution in [0.1, 0.15) is 25.3 Å². The Hall–Kier alpha value is -1.69. The van der Waals surface area contributed by atoms with Crippen molar-refractivity contribution in [3.63, 3.8) is 0 Å². The van der Waals surface area contributed by atoms with Crippen molar-refractivity contribution in [1.29, 1.82) is 0 Å². The molecule has 0 spiro atoms. The van der Waals surface area contributed by atoms with Gasteiger partial charge in [-0.2, -0.15) is 0 Å². The molecule has 24 heavy (non-hydrogen) atoms. The van der Waals surface area contributed by atoms with Crippen molar-refractivity contribution in [3.8, 4) is 5.75 Å². The number of hydrogen-bond donors (Lipinski definition) is 0. The first-order valence-electron chi connectivity index (χ1n) is 8.31. The van der Waals surface area contributed by atoms with E-state index < -0.39 is 0 Å². The number of rotatable bonds is 5. The van der Waals surface area contributed by atoms with Crippen LogP contribution in [0.2, 0.25) is 0 Å². The third-order valence-corrected chi connectivity index (χ3v) is 6.30. The first-order chi connectivity index (χ1) is 11.4. The van der Waals surface area contributed by atoms with Crippen LogP contribution in [0.15, 0.2) is 24.3 Å². The van der Waals surface area contributed by atoms with Gasteiger partial charge < -0.3 is 14.5 Å². The summed E-state index contributed by atoms with van der Waals surface area (Å²) >= 11 is 1.72. The van der Waals surface area contributed by atoms with Crippen LogP contribution in [-0.4, -0.2) is 58.5 Å². The van der Waals surface area contributed by atoms with Crippen LogP contribution < -0.4 is 4.74 Å². The maximum atomic E-state index is 12.7. The van der Waals surface area contributed by atoms with Gasteiger partial charge in [-0.1, -0.05) is 12.1 Å². The normalized spacial score (nSPS) is 25.7. The fourth-order valence-electron chi connectivity index (χ4n) is 3.37. The number of benzene rings is 1. The minimum Gasteiger partial charge on any atom is -0.492 e. The third kappa shape index (κ3) is 3.24. The predicted octanol–water partition coefficient (Wildman–Crippen LogP) is 2.29. The maximum Gasteiger partial charge on any atom is 0.246 e. The summed E-state index contributed by atoms with van der Waals surface area (Å²) in [5.74, 6) is 1.61. The second kappa shape index (κ2) is 6.67. The van der Waals surface area contributed by atoms with Crippen molar-refractivity contribution >= 4 is 23.6 Å². The minimum absolute atomic E-state index is 0.00863. The van der Waals surface area contributed by atoms with Gasteiger partial charge >= 0.3 is 0 Å². The van der Waals surface area contributed by atoms with Crippen LogP contribution in [0.4, 0.5) is 0 Å². The zero-order valence-corrected chi connectivity index (χ0v) is 15.3. The van der Waals surface area contributed by atoms with Gasteiger partial charge in [0.25, 0.3) is 0 Å². The molecule has 0 N–H and O–H groups in total. The summed E-state index contributed by atoms with van der Waals surface area (Å²) in [6.45, 7) is 5.03. The van der Waals surface area contributed by atoms with Crippen LogP contribution in [-0.2, 0) is 9.59 Å². The second-order valence-corrected chi connectivity index (χ2v) is 8.19. The number of likely N-dealkylation sites (N-methyl/N-ethyl adjacent to an activating group) is 1. The van der Waals surface area contributed by atoms with Crippen LogP contribution in [0.25, 0.3) is 0 Å². The van der Waals surface area contributed by atoms with E-state index in [1.165, 1.54) is 0 Å². The fourth-order valence-corrected chi connectivity index (χ4v) is 4.80. The van der Waals surface area contributed by atoms with Gasteiger partial charge in [-0.3, -0.25) is 9.59 Å². The minimum atomic E-state index is -0.334. The number of nitrogens with zero attached hydrogens (tertiary/aromatic N) is 2. The van der Waals surface area contributed by atoms with Crippen molar-refractivity contribution in [2.45, 2.75) is 37.6 Å². The van der Waals surface area contributed by atoms with Gasteiger partial charge in [0.05, 0.1) is 11.4 Å². The summed E-state index contributed by atoms with van der Waals surface area (Å²) in [4.78, 5) is 28.2. The average Bonchev–Trinajstić information content (AvgIpc) is 3.03. The summed E-state index contributed by atoms with van der Waals surface area (Å²) in [6, 6.07) is 7.53. The van der Waals surface area contributed by atoms with Crippen LogP contribution in [0.3, 0.4) is 0 Å². The number of carbonyl (C=O) groups excluding carboxylic acids is 2. The molecule has 2 aliphatic heterocycles. The number of carbonyl (C=O) groups is 2. The molecule has 0 unspecified atom stereocenters. The standard InChI is InChI=1S/C18H24N2O3S/c1-13-5-4-6-14(11-13)23-10-9-19(3)17(22)15-12-24-18(2)8-7-16(21)20(15)18/h4-6,11,15H,7-10,12H2,1-3H3/t15-,18+/m1/s1. The van der Waals surface area contributed by atoms with E-state index in [0.29, 0.717) is 25.3 Å². The Morgan fingerprint density at radius 1 is 1.50 bits per heavy atom. The van der Waals surface area contributed by atoms with Gasteiger partial charge in [0.1, 0.15) is 18.4 Å². The number of fused-ring (bicyclic) bond motifs is 1. The SMILES string of the molecule is Cc1cccc(OCCN(C)C(=O)[C@H]2CS[C@@]3(C)CCC(=O)N23)c1. The highest BCUT2D eigenvalue weighted by molar-refractivity contribution is 8.01. The van der Waals surface area contributed by atoms with E-state index in [0.717, 1.165) is 17.7 Å². The Morgan fingerprint density at radius 3 is 3.04 bits per heavy atom. The molecule has 0 aromatic heterocycles. The monoisotopic (exact) mass is 348 g/mol. The largest absolute Gasteiger partial charge is 0.492 e. The van der Waals surface area contributed by atoms with Crippen molar-refractivity contribution in [2.24, 2.45) is 0 Å². The maximum absolute atomic E-state index is 12.7. The molecule has 1 aromatic carbocycles. The van der Waals surface area contributed by atoms with Crippen LogP contribution >= 0.6 is 11.8 Å². The van der Waals surface area contributed by atoms with E-state index in [4.69, 9.17) is 4.74 Å². The molecule has 2 fully saturated rings. The molecule has 0 radical (unpaired) electrons. The Morgan fingerprint density at radius 2 is 2.29 bits per heavy atom. The van der Waals surface area contributed by atoms with Crippen LogP contribution in [0.5, 0.6) is 5.75 Å². The number of aryl methyl sites for hydroxylation is 1. The first kappa shape index (κ1) is 17.1. The Kier molecular flexibility index (Phi) is 4.76. The van der Waals surface area contributed by atoms with E-state index in [1.54, 1.807) is 28.6 Å². The van der Waals surface area contributed by atoms with Gasteiger partial charge in [0.2, 0.25) is 11.8 Å². The zero-order chi connectivity index (χ0) is 17.3. The summed E-state index contributed by atoms with van der Waals surface area (Å²) in [5, 5.41) is 0. The third-order valence-electron chi connectivity index (χ3n) is 4.79. The molecule has 3 rings (SSSR count). The molecule has 5 nitrogen and oxygen atoms in total. The predicted molar refractivity (Wildman–Crippen MR) is 95.0 cm³/mol. The van der Waals surface area contributed by atoms with Gasteiger partial charge in [0.15, 0.2) is 0 Å². The number of ether oxygens (including phenoxy) is 1. The van der Waals surface area contributed by atoms with E-state index in [-0.39, 0.29) is 22.7 Å². The molecule has 1 aromatic rings. The molecule has 0 bridgehead atoms. The summed E-state index contributed by atoms with van der Waals surface area (Å²) < 4.78 is 5.72. The molecule has 2 heterocycles. The lowest BCUT2D eigenvalue weighted by atomic mass is 10.2. The lowest BCUT2D eigenvalue weighted by molar-refractivity contribution is -0.143. The van der Waals surface area contributed by atoms with E-state index in [9.17, 15) is 9.59 Å². The summed E-state index contributed by atoms with van der Waals surface area (Å²) in [5.41, 5.74) is 1.15.